The molecule has 0 aliphatic rings. The summed E-state index contributed by atoms with van der Waals surface area (Å²) in [6.07, 6.45) is 0.601. The van der Waals surface area contributed by atoms with Crippen molar-refractivity contribution in [2.75, 3.05) is 0 Å². The monoisotopic (exact) mass is 250 g/mol. The Kier molecular flexibility index (Phi) is 4.81. The van der Waals surface area contributed by atoms with Crippen LogP contribution in [0.15, 0.2) is 29.2 Å². The molecule has 17 heavy (non-hydrogen) atoms. The maximum absolute atomic E-state index is 12.0. The van der Waals surface area contributed by atoms with Crippen LogP contribution in [0.25, 0.3) is 0 Å². The van der Waals surface area contributed by atoms with Gasteiger partial charge in [-0.15, -0.1) is 11.8 Å². The van der Waals surface area contributed by atoms with E-state index in [2.05, 4.69) is 34.6 Å². The van der Waals surface area contributed by atoms with Crippen LogP contribution in [-0.2, 0) is 0 Å². The molecule has 94 valence electrons. The minimum Gasteiger partial charge on any atom is -0.294 e. The molecule has 2 heteroatoms. The fraction of sp³-hybridized carbons (Fsp3) is 0.533. The van der Waals surface area contributed by atoms with Crippen LogP contribution < -0.4 is 0 Å². The second-order valence-electron chi connectivity index (χ2n) is 5.85. The number of hydrogen-bond acceptors (Lipinski definition) is 2. The lowest BCUT2D eigenvalue weighted by atomic mass is 9.88. The number of thioether (sulfide) groups is 1. The van der Waals surface area contributed by atoms with Gasteiger partial charge in [-0.3, -0.25) is 4.79 Å². The van der Waals surface area contributed by atoms with Crippen molar-refractivity contribution in [2.45, 2.75) is 51.2 Å². The van der Waals surface area contributed by atoms with E-state index in [0.29, 0.717) is 11.7 Å². The van der Waals surface area contributed by atoms with Crippen molar-refractivity contribution >= 4 is 17.5 Å². The Hall–Kier alpha value is -0.760. The first-order chi connectivity index (χ1) is 7.78. The zero-order valence-corrected chi connectivity index (χ0v) is 12.2. The van der Waals surface area contributed by atoms with Crippen LogP contribution >= 0.6 is 11.8 Å². The summed E-state index contributed by atoms with van der Waals surface area (Å²) >= 11 is 1.82. The van der Waals surface area contributed by atoms with Gasteiger partial charge in [-0.1, -0.05) is 46.8 Å². The fourth-order valence-electron chi connectivity index (χ4n) is 1.58. The van der Waals surface area contributed by atoms with Crippen molar-refractivity contribution in [3.8, 4) is 0 Å². The van der Waals surface area contributed by atoms with E-state index in [1.54, 1.807) is 0 Å². The van der Waals surface area contributed by atoms with Crippen LogP contribution in [-0.4, -0.2) is 11.0 Å². The van der Waals surface area contributed by atoms with Crippen molar-refractivity contribution in [3.63, 3.8) is 0 Å². The Morgan fingerprint density at radius 1 is 1.18 bits per heavy atom. The molecule has 0 aromatic heterocycles. The van der Waals surface area contributed by atoms with E-state index in [0.717, 1.165) is 5.56 Å². The van der Waals surface area contributed by atoms with Gasteiger partial charge in [0.25, 0.3) is 0 Å². The Labute approximate surface area is 109 Å². The number of ketones is 1. The average molecular weight is 250 g/mol. The first-order valence-electron chi connectivity index (χ1n) is 6.08. The average Bonchev–Trinajstić information content (AvgIpc) is 2.15. The second-order valence-corrected chi connectivity index (χ2v) is 7.50. The molecule has 0 fully saturated rings. The van der Waals surface area contributed by atoms with E-state index in [4.69, 9.17) is 0 Å². The highest BCUT2D eigenvalue weighted by molar-refractivity contribution is 7.99. The third-order valence-electron chi connectivity index (χ3n) is 2.24. The van der Waals surface area contributed by atoms with Gasteiger partial charge >= 0.3 is 0 Å². The quantitative estimate of drug-likeness (QED) is 0.563. The smallest absolute Gasteiger partial charge is 0.163 e. The van der Waals surface area contributed by atoms with Crippen LogP contribution in [0.5, 0.6) is 0 Å². The van der Waals surface area contributed by atoms with Crippen molar-refractivity contribution in [2.24, 2.45) is 5.41 Å². The summed E-state index contributed by atoms with van der Waals surface area (Å²) in [7, 11) is 0. The molecule has 1 aromatic rings. The highest BCUT2D eigenvalue weighted by Gasteiger charge is 2.17. The van der Waals surface area contributed by atoms with E-state index in [1.807, 2.05) is 36.0 Å². The van der Waals surface area contributed by atoms with E-state index in [9.17, 15) is 4.79 Å². The summed E-state index contributed by atoms with van der Waals surface area (Å²) in [6.45, 7) is 10.6. The molecule has 0 radical (unpaired) electrons. The SMILES string of the molecule is CC(C)Sc1ccc(C(=O)CC(C)(C)C)cc1. The molecule has 0 bridgehead atoms. The molecule has 0 saturated carbocycles. The Balaban J connectivity index is 2.71. The van der Waals surface area contributed by atoms with Crippen LogP contribution in [0, 0.1) is 5.41 Å². The van der Waals surface area contributed by atoms with Gasteiger partial charge in [-0.2, -0.15) is 0 Å². The number of hydrogen-bond donors (Lipinski definition) is 0. The van der Waals surface area contributed by atoms with Crippen LogP contribution in [0.2, 0.25) is 0 Å². The van der Waals surface area contributed by atoms with Crippen LogP contribution in [0.3, 0.4) is 0 Å². The highest BCUT2D eigenvalue weighted by Crippen LogP contribution is 2.25. The van der Waals surface area contributed by atoms with Crippen LogP contribution in [0.1, 0.15) is 51.4 Å². The van der Waals surface area contributed by atoms with Gasteiger partial charge in [-0.05, 0) is 17.5 Å². The van der Waals surface area contributed by atoms with Gasteiger partial charge < -0.3 is 0 Å². The standard InChI is InChI=1S/C15H22OS/c1-11(2)17-13-8-6-12(7-9-13)14(16)10-15(3,4)5/h6-9,11H,10H2,1-5H3. The third-order valence-corrected chi connectivity index (χ3v) is 3.25. The lowest BCUT2D eigenvalue weighted by molar-refractivity contribution is 0.0940. The first kappa shape index (κ1) is 14.3. The summed E-state index contributed by atoms with van der Waals surface area (Å²) in [5, 5.41) is 0.575. The predicted molar refractivity (Wildman–Crippen MR) is 75.8 cm³/mol. The molecule has 0 N–H and O–H groups in total. The molecule has 0 spiro atoms. The summed E-state index contributed by atoms with van der Waals surface area (Å²) in [5.41, 5.74) is 0.885. The van der Waals surface area contributed by atoms with Crippen molar-refractivity contribution in [1.82, 2.24) is 0 Å². The third kappa shape index (κ3) is 5.40. The van der Waals surface area contributed by atoms with Gasteiger partial charge in [-0.25, -0.2) is 0 Å². The maximum atomic E-state index is 12.0. The van der Waals surface area contributed by atoms with Gasteiger partial charge in [0.2, 0.25) is 0 Å². The molecule has 1 rings (SSSR count). The molecule has 1 aromatic carbocycles. The normalized spacial score (nSPS) is 11.9. The van der Waals surface area contributed by atoms with E-state index in [1.165, 1.54) is 4.90 Å². The van der Waals surface area contributed by atoms with E-state index in [-0.39, 0.29) is 11.2 Å². The van der Waals surface area contributed by atoms with Crippen molar-refractivity contribution < 1.29 is 4.79 Å². The van der Waals surface area contributed by atoms with Gasteiger partial charge in [0.15, 0.2) is 5.78 Å². The zero-order valence-electron chi connectivity index (χ0n) is 11.4. The molecular formula is C15H22OS. The lowest BCUT2D eigenvalue weighted by Gasteiger charge is -2.16. The molecule has 0 saturated heterocycles. The fourth-order valence-corrected chi connectivity index (χ4v) is 2.41. The number of Topliss-reactive ketones (excluding diaryl/α,β-unsaturated/α-hetero) is 1. The lowest BCUT2D eigenvalue weighted by Crippen LogP contribution is -2.12. The van der Waals surface area contributed by atoms with Gasteiger partial charge in [0.1, 0.15) is 0 Å². The summed E-state index contributed by atoms with van der Waals surface area (Å²) < 4.78 is 0. The molecule has 0 amide bonds. The summed E-state index contributed by atoms with van der Waals surface area (Å²) in [4.78, 5) is 13.2. The number of rotatable bonds is 4. The Morgan fingerprint density at radius 2 is 1.71 bits per heavy atom. The predicted octanol–water partition coefficient (Wildman–Crippen LogP) is 4.81. The number of carbonyl (C=O) groups is 1. The molecule has 1 nitrogen and oxygen atoms in total. The van der Waals surface area contributed by atoms with Crippen molar-refractivity contribution in [1.29, 1.82) is 0 Å². The first-order valence-corrected chi connectivity index (χ1v) is 6.96. The second kappa shape index (κ2) is 5.72. The zero-order chi connectivity index (χ0) is 13.1. The Bertz CT molecular complexity index is 371. The largest absolute Gasteiger partial charge is 0.294 e. The van der Waals surface area contributed by atoms with Gasteiger partial charge in [0.05, 0.1) is 0 Å². The highest BCUT2D eigenvalue weighted by atomic mass is 32.2. The Morgan fingerprint density at radius 3 is 2.12 bits per heavy atom. The minimum absolute atomic E-state index is 0.0580. The van der Waals surface area contributed by atoms with Crippen LogP contribution in [0.4, 0.5) is 0 Å². The molecule has 0 atom stereocenters. The molecule has 0 aliphatic carbocycles. The summed E-state index contributed by atoms with van der Waals surface area (Å²) in [6, 6.07) is 7.97. The van der Waals surface area contributed by atoms with Gasteiger partial charge in [0, 0.05) is 22.1 Å². The van der Waals surface area contributed by atoms with E-state index < -0.39 is 0 Å². The number of carbonyl (C=O) groups excluding carboxylic acids is 1. The van der Waals surface area contributed by atoms with E-state index >= 15 is 0 Å². The molecule has 0 unspecified atom stereocenters. The maximum Gasteiger partial charge on any atom is 0.163 e. The molecule has 0 heterocycles. The molecule has 0 aliphatic heterocycles. The van der Waals surface area contributed by atoms with Crippen molar-refractivity contribution in [3.05, 3.63) is 29.8 Å². The minimum atomic E-state index is 0.0580. The topological polar surface area (TPSA) is 17.1 Å². The number of benzene rings is 1. The molecular weight excluding hydrogens is 228 g/mol. The summed E-state index contributed by atoms with van der Waals surface area (Å²) in [5.74, 6) is 0.235.